The normalized spacial score (nSPS) is 13.1. The summed E-state index contributed by atoms with van der Waals surface area (Å²) in [5.74, 6) is -0.281. The van der Waals surface area contributed by atoms with Crippen LogP contribution in [0.15, 0.2) is 12.3 Å². The van der Waals surface area contributed by atoms with Crippen LogP contribution in [0.1, 0.15) is 0 Å². The summed E-state index contributed by atoms with van der Waals surface area (Å²) in [6.45, 7) is 0. The molecule has 0 saturated heterocycles. The van der Waals surface area contributed by atoms with Crippen LogP contribution in [-0.2, 0) is 4.74 Å². The van der Waals surface area contributed by atoms with Gasteiger partial charge in [-0.25, -0.2) is 9.37 Å². The van der Waals surface area contributed by atoms with E-state index in [4.69, 9.17) is 21.1 Å². The topological polar surface area (TPSA) is 31.4 Å². The lowest BCUT2D eigenvalue weighted by Gasteiger charge is -2.46. The van der Waals surface area contributed by atoms with Crippen LogP contribution >= 0.6 is 11.6 Å². The zero-order valence-electron chi connectivity index (χ0n) is 13.2. The largest absolute Gasteiger partial charge is 0.502 e. The zero-order chi connectivity index (χ0) is 15.8. The minimum atomic E-state index is -0.678. The fraction of sp³-hybridized carbons (Fsp3) is 0.375. The van der Waals surface area contributed by atoms with Crippen molar-refractivity contribution in [2.24, 2.45) is 0 Å². The molecule has 1 heterocycles. The van der Waals surface area contributed by atoms with E-state index in [0.29, 0.717) is 5.75 Å². The number of rotatable bonds is 5. The summed E-state index contributed by atoms with van der Waals surface area (Å²) in [6, 6.07) is 1.23. The van der Waals surface area contributed by atoms with Crippen LogP contribution in [-0.4, -0.2) is 76.0 Å². The van der Waals surface area contributed by atoms with Crippen LogP contribution in [0.3, 0.4) is 0 Å². The third kappa shape index (κ3) is 4.56. The van der Waals surface area contributed by atoms with Gasteiger partial charge >= 0.3 is 0 Å². The highest BCUT2D eigenvalue weighted by molar-refractivity contribution is 6.59. The third-order valence-electron chi connectivity index (χ3n) is 3.16. The van der Waals surface area contributed by atoms with Gasteiger partial charge in [-0.15, -0.1) is 0 Å². The molecule has 0 N–H and O–H groups in total. The number of ether oxygens (including phenoxy) is 2. The Morgan fingerprint density at radius 2 is 1.60 bits per heavy atom. The minimum Gasteiger partial charge on any atom is -0.502 e. The van der Waals surface area contributed by atoms with Gasteiger partial charge < -0.3 is 9.47 Å². The van der Waals surface area contributed by atoms with Gasteiger partial charge in [0.25, 0.3) is 0 Å². The average Bonchev–Trinajstić information content (AvgIpc) is 2.19. The predicted octanol–water partition coefficient (Wildman–Crippen LogP) is -5.38. The van der Waals surface area contributed by atoms with E-state index in [2.05, 4.69) is 4.98 Å². The molecule has 3 nitrogen and oxygen atoms in total. The molecule has 12 heteroatoms. The first-order valence-electron chi connectivity index (χ1n) is 6.54. The Bertz CT molecular complexity index is 496. The molecule has 0 aliphatic heterocycles. The van der Waals surface area contributed by atoms with Gasteiger partial charge in [-0.3, -0.25) is 0 Å². The van der Waals surface area contributed by atoms with Gasteiger partial charge in [-0.05, 0) is 5.30 Å². The molecule has 1 aromatic rings. The van der Waals surface area contributed by atoms with Gasteiger partial charge in [0.1, 0.15) is 60.7 Å². The van der Waals surface area contributed by atoms with Crippen molar-refractivity contribution in [2.75, 3.05) is 0 Å². The molecule has 100 valence electrons. The van der Waals surface area contributed by atoms with E-state index < -0.39 is 16.6 Å². The highest BCUT2D eigenvalue weighted by atomic mass is 35.5. The second-order valence-corrected chi connectivity index (χ2v) is 7.14. The molecule has 0 fully saturated rings. The second kappa shape index (κ2) is 5.76. The maximum Gasteiger partial charge on any atom is 0.164 e. The molecule has 0 spiro atoms. The smallest absolute Gasteiger partial charge is 0.164 e. The zero-order valence-corrected chi connectivity index (χ0v) is 13.9. The Balaban J connectivity index is 2.95. The van der Waals surface area contributed by atoms with Gasteiger partial charge in [-0.2, -0.15) is 0 Å². The molecule has 1 rings (SSSR count). The molecule has 0 unspecified atom stereocenters. The lowest BCUT2D eigenvalue weighted by Crippen LogP contribution is -2.65. The van der Waals surface area contributed by atoms with Gasteiger partial charge in [0.2, 0.25) is 0 Å². The molecule has 0 amide bonds. The molecule has 0 aromatic carbocycles. The van der Waals surface area contributed by atoms with E-state index in [1.54, 1.807) is 0 Å². The third-order valence-corrected chi connectivity index (χ3v) is 3.43. The van der Waals surface area contributed by atoms with Gasteiger partial charge in [0, 0.05) is 11.5 Å². The predicted molar refractivity (Wildman–Crippen MR) is 98.9 cm³/mol. The fourth-order valence-corrected chi connectivity index (χ4v) is 1.87. The SMILES string of the molecule is BC(B)(B)OC(B)(B)C(B)(B)Oc1cnc(Cl)c(F)c1. The summed E-state index contributed by atoms with van der Waals surface area (Å²) in [5.41, 5.74) is 0. The maximum atomic E-state index is 13.4. The summed E-state index contributed by atoms with van der Waals surface area (Å²) in [5, 5.41) is -1.74. The fourth-order valence-electron chi connectivity index (χ4n) is 1.77. The lowest BCUT2D eigenvalue weighted by molar-refractivity contribution is 0.00219. The molecule has 20 heavy (non-hydrogen) atoms. The lowest BCUT2D eigenvalue weighted by atomic mass is 9.40. The summed E-state index contributed by atoms with van der Waals surface area (Å²) in [4.78, 5) is 3.74. The number of pyridine rings is 1. The summed E-state index contributed by atoms with van der Waals surface area (Å²) in [6.07, 6.45) is 1.40. The van der Waals surface area contributed by atoms with Crippen LogP contribution < -0.4 is 4.74 Å². The Hall–Kier alpha value is -0.415. The number of hydrogen-bond donors (Lipinski definition) is 0. The Morgan fingerprint density at radius 1 is 1.05 bits per heavy atom. The van der Waals surface area contributed by atoms with E-state index >= 15 is 0 Å². The molecule has 0 saturated carbocycles. The first-order chi connectivity index (χ1) is 8.84. The standard InChI is InChI=1S/C8H16B7ClFNO2/c9-6(10,7(11,12)20-8(13,14)15)19-3-1-4(17)5(16)18-2-3/h1-2H,9-15H2. The molecule has 0 radical (unpaired) electrons. The second-order valence-electron chi connectivity index (χ2n) is 6.78. The Morgan fingerprint density at radius 3 is 2.05 bits per heavy atom. The number of hydrogen-bond acceptors (Lipinski definition) is 3. The highest BCUT2D eigenvalue weighted by Crippen LogP contribution is 2.26. The van der Waals surface area contributed by atoms with Crippen molar-refractivity contribution < 1.29 is 13.9 Å². The van der Waals surface area contributed by atoms with Crippen LogP contribution in [0.2, 0.25) is 5.15 Å². The van der Waals surface area contributed by atoms with Crippen LogP contribution in [0, 0.1) is 5.82 Å². The van der Waals surface area contributed by atoms with Crippen LogP contribution in [0.4, 0.5) is 4.39 Å². The monoisotopic (exact) mass is 289 g/mol. The van der Waals surface area contributed by atoms with Crippen LogP contribution in [0.5, 0.6) is 5.75 Å². The van der Waals surface area contributed by atoms with Crippen molar-refractivity contribution in [1.82, 2.24) is 4.98 Å². The average molecular weight is 288 g/mol. The van der Waals surface area contributed by atoms with E-state index in [0.717, 1.165) is 0 Å². The molecular weight excluding hydrogens is 272 g/mol. The first-order valence-corrected chi connectivity index (χ1v) is 6.92. The Kier molecular flexibility index (Phi) is 5.08. The van der Waals surface area contributed by atoms with E-state index in [1.165, 1.54) is 12.3 Å². The van der Waals surface area contributed by atoms with E-state index in [-0.39, 0.29) is 10.5 Å². The van der Waals surface area contributed by atoms with Crippen molar-refractivity contribution >= 4 is 66.5 Å². The van der Waals surface area contributed by atoms with Crippen LogP contribution in [0.25, 0.3) is 0 Å². The summed E-state index contributed by atoms with van der Waals surface area (Å²) < 4.78 is 25.3. The number of nitrogens with zero attached hydrogens (tertiary/aromatic N) is 1. The molecule has 0 aliphatic carbocycles. The molecule has 1 aromatic heterocycles. The van der Waals surface area contributed by atoms with Crippen molar-refractivity contribution in [3.05, 3.63) is 23.2 Å². The molecule has 0 bridgehead atoms. The number of aromatic nitrogens is 1. The minimum absolute atomic E-state index is 0.166. The van der Waals surface area contributed by atoms with E-state index in [9.17, 15) is 4.39 Å². The van der Waals surface area contributed by atoms with Gasteiger partial charge in [0.15, 0.2) is 11.0 Å². The number of halogens is 2. The van der Waals surface area contributed by atoms with Crippen molar-refractivity contribution in [3.8, 4) is 5.75 Å². The van der Waals surface area contributed by atoms with Gasteiger partial charge in [0.05, 0.1) is 11.6 Å². The summed E-state index contributed by atoms with van der Waals surface area (Å²) in [7, 11) is 13.6. The van der Waals surface area contributed by atoms with Crippen molar-refractivity contribution in [1.29, 1.82) is 0 Å². The molecule has 0 atom stereocenters. The Labute approximate surface area is 131 Å². The van der Waals surface area contributed by atoms with Gasteiger partial charge in [-0.1, -0.05) is 11.6 Å². The molecule has 0 aliphatic rings. The highest BCUT2D eigenvalue weighted by Gasteiger charge is 2.41. The quantitative estimate of drug-likeness (QED) is 0.400. The van der Waals surface area contributed by atoms with Crippen molar-refractivity contribution in [2.45, 2.75) is 16.1 Å². The maximum absolute atomic E-state index is 13.4. The first kappa shape index (κ1) is 17.6. The summed E-state index contributed by atoms with van der Waals surface area (Å²) >= 11 is 5.56. The van der Waals surface area contributed by atoms with Crippen molar-refractivity contribution in [3.63, 3.8) is 0 Å². The van der Waals surface area contributed by atoms with E-state index in [1.807, 2.05) is 54.9 Å². The molecular formula is C8H16B7ClFNO2.